The summed E-state index contributed by atoms with van der Waals surface area (Å²) < 4.78 is 30.0. The van der Waals surface area contributed by atoms with E-state index in [0.29, 0.717) is 37.7 Å². The predicted molar refractivity (Wildman–Crippen MR) is 81.3 cm³/mol. The Bertz CT molecular complexity index is 401. The number of ether oxygens (including phenoxy) is 3. The van der Waals surface area contributed by atoms with Gasteiger partial charge in [0.2, 0.25) is 0 Å². The summed E-state index contributed by atoms with van der Waals surface area (Å²) in [5.41, 5.74) is 0.568. The lowest BCUT2D eigenvalue weighted by Crippen LogP contribution is -2.20. The summed E-state index contributed by atoms with van der Waals surface area (Å²) in [5, 5.41) is 3.20. The van der Waals surface area contributed by atoms with Gasteiger partial charge in [-0.1, -0.05) is 13.0 Å². The lowest BCUT2D eigenvalue weighted by atomic mass is 10.1. The third kappa shape index (κ3) is 6.42. The van der Waals surface area contributed by atoms with Crippen LogP contribution in [0.15, 0.2) is 18.2 Å². The molecule has 1 unspecified atom stereocenters. The molecule has 1 N–H and O–H groups in total. The number of methoxy groups -OCH3 is 1. The summed E-state index contributed by atoms with van der Waals surface area (Å²) in [7, 11) is 1.67. The summed E-state index contributed by atoms with van der Waals surface area (Å²) in [5.74, 6) is 0.325. The second-order valence-electron chi connectivity index (χ2n) is 4.74. The molecule has 0 amide bonds. The van der Waals surface area contributed by atoms with Gasteiger partial charge in [-0.15, -0.1) is 0 Å². The first-order valence-corrected chi connectivity index (χ1v) is 7.42. The molecule has 0 aromatic heterocycles. The van der Waals surface area contributed by atoms with E-state index in [4.69, 9.17) is 14.2 Å². The van der Waals surface area contributed by atoms with Crippen LogP contribution in [0.1, 0.15) is 31.9 Å². The van der Waals surface area contributed by atoms with Crippen LogP contribution in [0.4, 0.5) is 4.39 Å². The van der Waals surface area contributed by atoms with Gasteiger partial charge < -0.3 is 19.5 Å². The molecule has 5 heteroatoms. The zero-order valence-electron chi connectivity index (χ0n) is 13.2. The molecular formula is C16H26FNO3. The molecule has 0 aliphatic rings. The molecule has 21 heavy (non-hydrogen) atoms. The fourth-order valence-corrected chi connectivity index (χ4v) is 2.09. The summed E-state index contributed by atoms with van der Waals surface area (Å²) in [6, 6.07) is 4.81. The largest absolute Gasteiger partial charge is 0.491 e. The van der Waals surface area contributed by atoms with Crippen molar-refractivity contribution >= 4 is 0 Å². The predicted octanol–water partition coefficient (Wildman–Crippen LogP) is 2.93. The second kappa shape index (κ2) is 10.5. The molecule has 0 heterocycles. The summed E-state index contributed by atoms with van der Waals surface area (Å²) in [6.45, 7) is 6.91. The van der Waals surface area contributed by atoms with Crippen molar-refractivity contribution in [3.8, 4) is 5.75 Å². The molecule has 0 radical (unpaired) electrons. The van der Waals surface area contributed by atoms with Crippen molar-refractivity contribution < 1.29 is 18.6 Å². The molecule has 0 spiro atoms. The van der Waals surface area contributed by atoms with Crippen molar-refractivity contribution in [2.24, 2.45) is 0 Å². The molecule has 4 nitrogen and oxygen atoms in total. The van der Waals surface area contributed by atoms with Crippen molar-refractivity contribution in [2.45, 2.75) is 26.3 Å². The maximum Gasteiger partial charge on any atom is 0.131 e. The highest BCUT2D eigenvalue weighted by atomic mass is 19.1. The van der Waals surface area contributed by atoms with E-state index >= 15 is 0 Å². The van der Waals surface area contributed by atoms with Crippen LogP contribution >= 0.6 is 0 Å². The van der Waals surface area contributed by atoms with Gasteiger partial charge in [-0.25, -0.2) is 4.39 Å². The third-order valence-electron chi connectivity index (χ3n) is 3.08. The van der Waals surface area contributed by atoms with Gasteiger partial charge in [0.25, 0.3) is 0 Å². The molecule has 120 valence electrons. The van der Waals surface area contributed by atoms with Crippen LogP contribution in [0.3, 0.4) is 0 Å². The van der Waals surface area contributed by atoms with Crippen LogP contribution in [-0.4, -0.2) is 40.1 Å². The third-order valence-corrected chi connectivity index (χ3v) is 3.08. The van der Waals surface area contributed by atoms with Gasteiger partial charge in [0, 0.05) is 31.9 Å². The quantitative estimate of drug-likeness (QED) is 0.638. The average molecular weight is 299 g/mol. The summed E-state index contributed by atoms with van der Waals surface area (Å²) >= 11 is 0. The van der Waals surface area contributed by atoms with Gasteiger partial charge in [0.1, 0.15) is 18.2 Å². The second-order valence-corrected chi connectivity index (χ2v) is 4.74. The van der Waals surface area contributed by atoms with Crippen molar-refractivity contribution in [1.82, 2.24) is 5.32 Å². The number of halogens is 1. The maximum absolute atomic E-state index is 14.0. The molecular weight excluding hydrogens is 273 g/mol. The van der Waals surface area contributed by atoms with Crippen molar-refractivity contribution in [3.63, 3.8) is 0 Å². The lowest BCUT2D eigenvalue weighted by Gasteiger charge is -2.18. The van der Waals surface area contributed by atoms with Crippen LogP contribution in [0.5, 0.6) is 5.75 Å². The highest BCUT2D eigenvalue weighted by Crippen LogP contribution is 2.27. The standard InChI is InChI=1S/C16H26FNO3/c1-4-18-13(2)16-14(17)7-5-8-15(16)21-12-11-20-10-6-9-19-3/h5,7-8,13,18H,4,6,9-12H2,1-3H3. The van der Waals surface area contributed by atoms with E-state index in [1.54, 1.807) is 19.2 Å². The number of hydrogen-bond acceptors (Lipinski definition) is 4. The first-order chi connectivity index (χ1) is 10.2. The molecule has 1 rings (SSSR count). The van der Waals surface area contributed by atoms with Crippen molar-refractivity contribution in [2.75, 3.05) is 40.1 Å². The minimum atomic E-state index is -0.248. The molecule has 0 bridgehead atoms. The molecule has 0 fully saturated rings. The molecule has 1 aromatic carbocycles. The number of hydrogen-bond donors (Lipinski definition) is 1. The number of benzene rings is 1. The molecule has 0 aliphatic heterocycles. The molecule has 1 atom stereocenters. The van der Waals surface area contributed by atoms with Crippen LogP contribution in [0.25, 0.3) is 0 Å². The summed E-state index contributed by atoms with van der Waals surface area (Å²) in [4.78, 5) is 0. The normalized spacial score (nSPS) is 12.4. The Kier molecular flexibility index (Phi) is 8.98. The van der Waals surface area contributed by atoms with Crippen LogP contribution in [0.2, 0.25) is 0 Å². The smallest absolute Gasteiger partial charge is 0.131 e. The Labute approximate surface area is 126 Å². The van der Waals surface area contributed by atoms with Gasteiger partial charge in [-0.3, -0.25) is 0 Å². The van der Waals surface area contributed by atoms with E-state index in [2.05, 4.69) is 5.32 Å². The Morgan fingerprint density at radius 1 is 1.19 bits per heavy atom. The van der Waals surface area contributed by atoms with E-state index in [-0.39, 0.29) is 11.9 Å². The maximum atomic E-state index is 14.0. The van der Waals surface area contributed by atoms with E-state index in [0.717, 1.165) is 13.0 Å². The van der Waals surface area contributed by atoms with Gasteiger partial charge in [0.15, 0.2) is 0 Å². The minimum absolute atomic E-state index is 0.0891. The molecule has 0 saturated carbocycles. The van der Waals surface area contributed by atoms with Crippen LogP contribution in [-0.2, 0) is 9.47 Å². The Balaban J connectivity index is 2.45. The van der Waals surface area contributed by atoms with Crippen molar-refractivity contribution in [1.29, 1.82) is 0 Å². The highest BCUT2D eigenvalue weighted by Gasteiger charge is 2.15. The molecule has 0 aliphatic carbocycles. The van der Waals surface area contributed by atoms with E-state index < -0.39 is 0 Å². The van der Waals surface area contributed by atoms with Crippen molar-refractivity contribution in [3.05, 3.63) is 29.6 Å². The van der Waals surface area contributed by atoms with Gasteiger partial charge in [-0.05, 0) is 32.0 Å². The van der Waals surface area contributed by atoms with Gasteiger partial charge in [-0.2, -0.15) is 0 Å². The fourth-order valence-electron chi connectivity index (χ4n) is 2.09. The number of rotatable bonds is 11. The lowest BCUT2D eigenvalue weighted by molar-refractivity contribution is 0.0802. The summed E-state index contributed by atoms with van der Waals surface area (Å²) in [6.07, 6.45) is 0.860. The Hall–Kier alpha value is -1.17. The zero-order chi connectivity index (χ0) is 15.5. The van der Waals surface area contributed by atoms with E-state index in [9.17, 15) is 4.39 Å². The van der Waals surface area contributed by atoms with Crippen LogP contribution in [0, 0.1) is 5.82 Å². The first-order valence-electron chi connectivity index (χ1n) is 7.42. The van der Waals surface area contributed by atoms with E-state index in [1.165, 1.54) is 6.07 Å². The average Bonchev–Trinajstić information content (AvgIpc) is 2.46. The monoisotopic (exact) mass is 299 g/mol. The minimum Gasteiger partial charge on any atom is -0.491 e. The van der Waals surface area contributed by atoms with Crippen LogP contribution < -0.4 is 10.1 Å². The number of nitrogens with one attached hydrogen (secondary N) is 1. The topological polar surface area (TPSA) is 39.7 Å². The first kappa shape index (κ1) is 17.9. The van der Waals surface area contributed by atoms with E-state index in [1.807, 2.05) is 13.8 Å². The Morgan fingerprint density at radius 2 is 2.00 bits per heavy atom. The van der Waals surface area contributed by atoms with Gasteiger partial charge >= 0.3 is 0 Å². The SMILES string of the molecule is CCNC(C)c1c(F)cccc1OCCOCCCOC. The highest BCUT2D eigenvalue weighted by molar-refractivity contribution is 5.37. The molecule has 0 saturated heterocycles. The van der Waals surface area contributed by atoms with Gasteiger partial charge in [0.05, 0.1) is 6.61 Å². The molecule has 1 aromatic rings. The zero-order valence-corrected chi connectivity index (χ0v) is 13.2. The Morgan fingerprint density at radius 3 is 2.71 bits per heavy atom. The fraction of sp³-hybridized carbons (Fsp3) is 0.625.